The van der Waals surface area contributed by atoms with E-state index in [1.54, 1.807) is 0 Å². The van der Waals surface area contributed by atoms with Crippen LogP contribution in [0.5, 0.6) is 0 Å². The van der Waals surface area contributed by atoms with E-state index in [0.29, 0.717) is 25.2 Å². The summed E-state index contributed by atoms with van der Waals surface area (Å²) in [5.74, 6) is 0.392. The Kier molecular flexibility index (Phi) is 6.57. The molecular formula is C18H28N2O3. The van der Waals surface area contributed by atoms with Gasteiger partial charge in [0, 0.05) is 44.3 Å². The highest BCUT2D eigenvalue weighted by molar-refractivity contribution is 5.94. The van der Waals surface area contributed by atoms with Gasteiger partial charge in [0.25, 0.3) is 5.91 Å². The lowest BCUT2D eigenvalue weighted by Crippen LogP contribution is -2.33. The number of likely N-dealkylation sites (tertiary alicyclic amines) is 1. The predicted molar refractivity (Wildman–Crippen MR) is 90.4 cm³/mol. The van der Waals surface area contributed by atoms with Crippen molar-refractivity contribution >= 4 is 5.91 Å². The van der Waals surface area contributed by atoms with E-state index in [1.165, 1.54) is 5.56 Å². The van der Waals surface area contributed by atoms with Crippen molar-refractivity contribution in [2.75, 3.05) is 46.4 Å². The molecule has 0 aromatic heterocycles. The summed E-state index contributed by atoms with van der Waals surface area (Å²) in [7, 11) is 1.96. The van der Waals surface area contributed by atoms with Crippen molar-refractivity contribution in [1.29, 1.82) is 0 Å². The second kappa shape index (κ2) is 8.43. The molecule has 2 rings (SSSR count). The molecule has 0 bridgehead atoms. The Balaban J connectivity index is 2.01. The highest BCUT2D eigenvalue weighted by Crippen LogP contribution is 2.25. The van der Waals surface area contributed by atoms with Crippen molar-refractivity contribution in [2.24, 2.45) is 11.8 Å². The summed E-state index contributed by atoms with van der Waals surface area (Å²) in [6, 6.07) is 7.78. The molecule has 0 radical (unpaired) electrons. The first-order chi connectivity index (χ1) is 11.1. The zero-order chi connectivity index (χ0) is 16.8. The molecule has 1 heterocycles. The van der Waals surface area contributed by atoms with Crippen LogP contribution in [0.3, 0.4) is 0 Å². The van der Waals surface area contributed by atoms with Crippen LogP contribution in [-0.4, -0.2) is 72.4 Å². The van der Waals surface area contributed by atoms with E-state index in [1.807, 2.05) is 36.2 Å². The second-order valence-corrected chi connectivity index (χ2v) is 6.45. The molecule has 2 atom stereocenters. The van der Waals surface area contributed by atoms with Gasteiger partial charge in [0.1, 0.15) is 0 Å². The number of carbonyl (C=O) groups excluding carboxylic acids is 1. The number of nitrogens with zero attached hydrogens (tertiary/aromatic N) is 2. The van der Waals surface area contributed by atoms with Gasteiger partial charge in [-0.05, 0) is 37.1 Å². The number of hydrogen-bond donors (Lipinski definition) is 2. The van der Waals surface area contributed by atoms with Crippen molar-refractivity contribution in [3.8, 4) is 0 Å². The number of likely N-dealkylation sites (N-methyl/N-ethyl adjacent to an activating group) is 1. The van der Waals surface area contributed by atoms with Crippen molar-refractivity contribution in [3.05, 3.63) is 35.4 Å². The minimum Gasteiger partial charge on any atom is -0.396 e. The van der Waals surface area contributed by atoms with Crippen LogP contribution in [0.15, 0.2) is 24.3 Å². The average Bonchev–Trinajstić information content (AvgIpc) is 2.97. The van der Waals surface area contributed by atoms with Gasteiger partial charge in [0.05, 0.1) is 6.61 Å². The molecule has 1 aromatic carbocycles. The Hall–Kier alpha value is -1.43. The van der Waals surface area contributed by atoms with Crippen LogP contribution in [0.2, 0.25) is 0 Å². The zero-order valence-corrected chi connectivity index (χ0v) is 14.1. The molecule has 1 amide bonds. The maximum absolute atomic E-state index is 12.7. The summed E-state index contributed by atoms with van der Waals surface area (Å²) in [4.78, 5) is 16.6. The molecule has 5 nitrogen and oxygen atoms in total. The van der Waals surface area contributed by atoms with Crippen molar-refractivity contribution in [1.82, 2.24) is 9.80 Å². The molecule has 0 spiro atoms. The lowest BCUT2D eigenvalue weighted by atomic mass is 9.96. The second-order valence-electron chi connectivity index (χ2n) is 6.45. The van der Waals surface area contributed by atoms with Crippen molar-refractivity contribution in [2.45, 2.75) is 13.3 Å². The molecule has 2 N–H and O–H groups in total. The fourth-order valence-corrected chi connectivity index (χ4v) is 3.25. The van der Waals surface area contributed by atoms with Gasteiger partial charge in [0.15, 0.2) is 0 Å². The Bertz CT molecular complexity index is 503. The first-order valence-corrected chi connectivity index (χ1v) is 8.37. The molecule has 1 aromatic rings. The SMILES string of the molecule is CCc1ccc(C(=O)N2CC(CO)C(CN(C)CCO)C2)cc1. The van der Waals surface area contributed by atoms with Gasteiger partial charge >= 0.3 is 0 Å². The topological polar surface area (TPSA) is 64.0 Å². The van der Waals surface area contributed by atoms with Gasteiger partial charge in [-0.15, -0.1) is 0 Å². The molecule has 5 heteroatoms. The lowest BCUT2D eigenvalue weighted by Gasteiger charge is -2.23. The maximum Gasteiger partial charge on any atom is 0.253 e. The number of rotatable bonds is 7. The van der Waals surface area contributed by atoms with Gasteiger partial charge in [0.2, 0.25) is 0 Å². The fourth-order valence-electron chi connectivity index (χ4n) is 3.25. The van der Waals surface area contributed by atoms with E-state index in [9.17, 15) is 9.90 Å². The highest BCUT2D eigenvalue weighted by atomic mass is 16.3. The first kappa shape index (κ1) is 17.9. The summed E-state index contributed by atoms with van der Waals surface area (Å²) in [6.45, 7) is 4.97. The third-order valence-electron chi connectivity index (χ3n) is 4.74. The van der Waals surface area contributed by atoms with Crippen LogP contribution in [-0.2, 0) is 6.42 Å². The van der Waals surface area contributed by atoms with Gasteiger partial charge in [-0.2, -0.15) is 0 Å². The smallest absolute Gasteiger partial charge is 0.253 e. The minimum atomic E-state index is 0.0402. The number of aliphatic hydroxyl groups is 2. The zero-order valence-electron chi connectivity index (χ0n) is 14.1. The van der Waals surface area contributed by atoms with Gasteiger partial charge < -0.3 is 20.0 Å². The van der Waals surface area contributed by atoms with Crippen LogP contribution in [0, 0.1) is 11.8 Å². The van der Waals surface area contributed by atoms with Gasteiger partial charge in [-0.25, -0.2) is 0 Å². The van der Waals surface area contributed by atoms with Crippen LogP contribution >= 0.6 is 0 Å². The largest absolute Gasteiger partial charge is 0.396 e. The van der Waals surface area contributed by atoms with E-state index < -0.39 is 0 Å². The van der Waals surface area contributed by atoms with Crippen LogP contribution in [0.4, 0.5) is 0 Å². The van der Waals surface area contributed by atoms with Gasteiger partial charge in [-0.3, -0.25) is 4.79 Å². The summed E-state index contributed by atoms with van der Waals surface area (Å²) >= 11 is 0. The number of hydrogen-bond acceptors (Lipinski definition) is 4. The molecule has 23 heavy (non-hydrogen) atoms. The summed E-state index contributed by atoms with van der Waals surface area (Å²) < 4.78 is 0. The number of amides is 1. The molecule has 0 aliphatic carbocycles. The maximum atomic E-state index is 12.7. The van der Waals surface area contributed by atoms with Crippen molar-refractivity contribution in [3.63, 3.8) is 0 Å². The van der Waals surface area contributed by atoms with E-state index in [-0.39, 0.29) is 31.0 Å². The van der Waals surface area contributed by atoms with Crippen LogP contribution in [0.25, 0.3) is 0 Å². The summed E-state index contributed by atoms with van der Waals surface area (Å²) in [6.07, 6.45) is 0.962. The predicted octanol–water partition coefficient (Wildman–Crippen LogP) is 0.854. The lowest BCUT2D eigenvalue weighted by molar-refractivity contribution is 0.0779. The molecular weight excluding hydrogens is 292 g/mol. The third-order valence-corrected chi connectivity index (χ3v) is 4.74. The Morgan fingerprint density at radius 2 is 1.87 bits per heavy atom. The van der Waals surface area contributed by atoms with Crippen molar-refractivity contribution < 1.29 is 15.0 Å². The summed E-state index contributed by atoms with van der Waals surface area (Å²) in [5.41, 5.74) is 1.93. The Labute approximate surface area is 138 Å². The summed E-state index contributed by atoms with van der Waals surface area (Å²) in [5, 5.41) is 18.6. The normalized spacial score (nSPS) is 21.2. The van der Waals surface area contributed by atoms with Gasteiger partial charge in [-0.1, -0.05) is 19.1 Å². The van der Waals surface area contributed by atoms with Crippen LogP contribution < -0.4 is 0 Å². The van der Waals surface area contributed by atoms with Crippen LogP contribution in [0.1, 0.15) is 22.8 Å². The Morgan fingerprint density at radius 3 is 2.43 bits per heavy atom. The minimum absolute atomic E-state index is 0.0402. The first-order valence-electron chi connectivity index (χ1n) is 8.37. The molecule has 128 valence electrons. The number of carbonyl (C=O) groups is 1. The molecule has 0 saturated carbocycles. The molecule has 2 unspecified atom stereocenters. The Morgan fingerprint density at radius 1 is 1.22 bits per heavy atom. The van der Waals surface area contributed by atoms with E-state index in [2.05, 4.69) is 11.8 Å². The standard InChI is InChI=1S/C18H28N2O3/c1-3-14-4-6-15(7-5-14)18(23)20-11-16(17(12-20)13-22)10-19(2)8-9-21/h4-7,16-17,21-22H,3,8-13H2,1-2H3. The van der Waals surface area contributed by atoms with E-state index in [0.717, 1.165) is 13.0 Å². The molecule has 1 aliphatic heterocycles. The number of benzene rings is 1. The fraction of sp³-hybridized carbons (Fsp3) is 0.611. The number of aryl methyl sites for hydroxylation is 1. The average molecular weight is 320 g/mol. The third kappa shape index (κ3) is 4.53. The van der Waals surface area contributed by atoms with E-state index in [4.69, 9.17) is 5.11 Å². The molecule has 1 saturated heterocycles. The highest BCUT2D eigenvalue weighted by Gasteiger charge is 2.35. The molecule has 1 aliphatic rings. The number of aliphatic hydroxyl groups excluding tert-OH is 2. The van der Waals surface area contributed by atoms with E-state index >= 15 is 0 Å². The monoisotopic (exact) mass is 320 g/mol. The quantitative estimate of drug-likeness (QED) is 0.782. The molecule has 1 fully saturated rings.